The lowest BCUT2D eigenvalue weighted by Gasteiger charge is -2.07. The molecule has 4 aromatic heterocycles. The molecule has 0 saturated carbocycles. The first kappa shape index (κ1) is 18.7. The second kappa shape index (κ2) is 7.40. The van der Waals surface area contributed by atoms with E-state index in [1.54, 1.807) is 12.4 Å². The summed E-state index contributed by atoms with van der Waals surface area (Å²) in [5, 5.41) is 5.33. The molecule has 0 aromatic carbocycles. The van der Waals surface area contributed by atoms with Crippen LogP contribution in [-0.4, -0.2) is 19.9 Å². The van der Waals surface area contributed by atoms with Crippen LogP contribution in [0.2, 0.25) is 5.02 Å². The quantitative estimate of drug-likeness (QED) is 0.457. The number of nitrogens with one attached hydrogen (secondary N) is 2. The minimum absolute atomic E-state index is 0.338. The van der Waals surface area contributed by atoms with Gasteiger partial charge in [-0.2, -0.15) is 13.2 Å². The second-order valence-corrected chi connectivity index (χ2v) is 7.63. The van der Waals surface area contributed by atoms with Crippen molar-refractivity contribution in [2.45, 2.75) is 19.1 Å². The number of alkyl halides is 3. The van der Waals surface area contributed by atoms with Crippen molar-refractivity contribution in [3.05, 3.63) is 69.7 Å². The average molecular weight is 424 g/mol. The minimum atomic E-state index is -4.43. The van der Waals surface area contributed by atoms with E-state index in [1.165, 1.54) is 23.6 Å². The maximum atomic E-state index is 12.5. The molecule has 4 rings (SSSR count). The first-order chi connectivity index (χ1) is 13.4. The number of hydrogen-bond acceptors (Lipinski definition) is 5. The van der Waals surface area contributed by atoms with Crippen LogP contribution in [0.1, 0.15) is 21.7 Å². The zero-order valence-electron chi connectivity index (χ0n) is 14.2. The average Bonchev–Trinajstić information content (AvgIpc) is 3.27. The molecule has 28 heavy (non-hydrogen) atoms. The van der Waals surface area contributed by atoms with Crippen LogP contribution in [0.15, 0.2) is 43.0 Å². The second-order valence-electron chi connectivity index (χ2n) is 6.08. The highest BCUT2D eigenvalue weighted by atomic mass is 35.5. The van der Waals surface area contributed by atoms with E-state index in [4.69, 9.17) is 11.6 Å². The van der Waals surface area contributed by atoms with Gasteiger partial charge in [0, 0.05) is 48.0 Å². The van der Waals surface area contributed by atoms with Crippen molar-refractivity contribution in [1.29, 1.82) is 0 Å². The van der Waals surface area contributed by atoms with Gasteiger partial charge in [-0.3, -0.25) is 4.98 Å². The molecule has 0 atom stereocenters. The van der Waals surface area contributed by atoms with Crippen molar-refractivity contribution in [2.24, 2.45) is 0 Å². The highest BCUT2D eigenvalue weighted by Crippen LogP contribution is 2.28. The maximum absolute atomic E-state index is 12.5. The first-order valence-electron chi connectivity index (χ1n) is 8.21. The van der Waals surface area contributed by atoms with Crippen molar-refractivity contribution < 1.29 is 13.2 Å². The Balaban J connectivity index is 1.41. The summed E-state index contributed by atoms with van der Waals surface area (Å²) in [5.74, 6) is 0. The van der Waals surface area contributed by atoms with E-state index in [2.05, 4.69) is 25.3 Å². The summed E-state index contributed by atoms with van der Waals surface area (Å²) in [6.07, 6.45) is 2.72. The fourth-order valence-electron chi connectivity index (χ4n) is 2.71. The monoisotopic (exact) mass is 423 g/mol. The molecule has 0 radical (unpaired) electrons. The molecule has 0 amide bonds. The Hall–Kier alpha value is -2.65. The van der Waals surface area contributed by atoms with Crippen molar-refractivity contribution in [2.75, 3.05) is 5.32 Å². The van der Waals surface area contributed by atoms with Crippen LogP contribution in [-0.2, 0) is 19.1 Å². The fraction of sp³-hybridized carbons (Fsp3) is 0.167. The van der Waals surface area contributed by atoms with E-state index in [9.17, 15) is 13.2 Å². The lowest BCUT2D eigenvalue weighted by molar-refractivity contribution is -0.141. The van der Waals surface area contributed by atoms with Gasteiger partial charge in [-0.1, -0.05) is 17.7 Å². The molecule has 5 nitrogen and oxygen atoms in total. The Morgan fingerprint density at radius 1 is 1.11 bits per heavy atom. The first-order valence-corrected chi connectivity index (χ1v) is 9.40. The Morgan fingerprint density at radius 3 is 2.71 bits per heavy atom. The summed E-state index contributed by atoms with van der Waals surface area (Å²) in [6, 6.07) is 4.24. The van der Waals surface area contributed by atoms with Crippen molar-refractivity contribution in [1.82, 2.24) is 19.9 Å². The van der Waals surface area contributed by atoms with Crippen molar-refractivity contribution in [3.8, 4) is 0 Å². The van der Waals surface area contributed by atoms with Gasteiger partial charge >= 0.3 is 6.18 Å². The molecule has 0 aliphatic carbocycles. The van der Waals surface area contributed by atoms with Crippen LogP contribution >= 0.6 is 22.9 Å². The summed E-state index contributed by atoms with van der Waals surface area (Å²) in [6.45, 7) is 0.338. The summed E-state index contributed by atoms with van der Waals surface area (Å²) < 4.78 is 37.6. The van der Waals surface area contributed by atoms with Crippen LogP contribution < -0.4 is 5.32 Å². The number of rotatable bonds is 5. The van der Waals surface area contributed by atoms with Gasteiger partial charge in [0.2, 0.25) is 0 Å². The molecular formula is C18H13ClF3N5S. The maximum Gasteiger partial charge on any atom is 0.433 e. The number of pyridine rings is 2. The van der Waals surface area contributed by atoms with Crippen LogP contribution in [0, 0.1) is 0 Å². The Labute approximate surface area is 166 Å². The molecule has 2 N–H and O–H groups in total. The Morgan fingerprint density at radius 2 is 1.96 bits per heavy atom. The zero-order valence-corrected chi connectivity index (χ0v) is 15.8. The van der Waals surface area contributed by atoms with Gasteiger partial charge in [-0.25, -0.2) is 9.97 Å². The number of aromatic nitrogens is 4. The van der Waals surface area contributed by atoms with Gasteiger partial charge < -0.3 is 10.3 Å². The fourth-order valence-corrected chi connectivity index (χ4v) is 3.70. The highest BCUT2D eigenvalue weighted by Gasteiger charge is 2.31. The number of anilines is 1. The molecule has 144 valence electrons. The number of H-pyrrole nitrogens is 1. The number of fused-ring (bicyclic) bond motifs is 1. The standard InChI is InChI=1S/C18H13ClF3N5S/c19-12-4-14-11(7-24-16(14)25-8-12)3-13-9-27-17(28-13)26-6-10-1-2-15(23-5-10)18(20,21)22/h1-2,4-5,7-9H,3,6H2,(H,24,25)(H,26,27). The van der Waals surface area contributed by atoms with Gasteiger partial charge in [0.15, 0.2) is 5.13 Å². The summed E-state index contributed by atoms with van der Waals surface area (Å²) in [7, 11) is 0. The summed E-state index contributed by atoms with van der Waals surface area (Å²) >= 11 is 7.51. The van der Waals surface area contributed by atoms with E-state index in [0.717, 1.165) is 27.5 Å². The van der Waals surface area contributed by atoms with Gasteiger partial charge in [0.05, 0.1) is 5.02 Å². The lowest BCUT2D eigenvalue weighted by Crippen LogP contribution is -2.08. The number of nitrogens with zero attached hydrogens (tertiary/aromatic N) is 3. The molecule has 0 unspecified atom stereocenters. The van der Waals surface area contributed by atoms with Gasteiger partial charge in [0.25, 0.3) is 0 Å². The third-order valence-electron chi connectivity index (χ3n) is 4.06. The molecule has 0 saturated heterocycles. The van der Waals surface area contributed by atoms with E-state index >= 15 is 0 Å². The molecule has 0 bridgehead atoms. The summed E-state index contributed by atoms with van der Waals surface area (Å²) in [5.41, 5.74) is 1.58. The molecule has 0 aliphatic heterocycles. The molecule has 0 aliphatic rings. The number of hydrogen-bond donors (Lipinski definition) is 2. The van der Waals surface area contributed by atoms with E-state index in [0.29, 0.717) is 28.7 Å². The Bertz CT molecular complexity index is 1100. The van der Waals surface area contributed by atoms with E-state index < -0.39 is 11.9 Å². The highest BCUT2D eigenvalue weighted by molar-refractivity contribution is 7.15. The van der Waals surface area contributed by atoms with Gasteiger partial charge in [-0.05, 0) is 23.3 Å². The van der Waals surface area contributed by atoms with Gasteiger partial charge in [-0.15, -0.1) is 11.3 Å². The smallest absolute Gasteiger partial charge is 0.357 e. The van der Waals surface area contributed by atoms with Crippen LogP contribution in [0.25, 0.3) is 11.0 Å². The normalized spacial score (nSPS) is 11.9. The number of halogens is 4. The minimum Gasteiger partial charge on any atom is -0.357 e. The molecular weight excluding hydrogens is 411 g/mol. The number of thiazole rings is 1. The largest absolute Gasteiger partial charge is 0.433 e. The third-order valence-corrected chi connectivity index (χ3v) is 5.22. The van der Waals surface area contributed by atoms with Crippen molar-refractivity contribution >= 4 is 39.1 Å². The lowest BCUT2D eigenvalue weighted by atomic mass is 10.1. The zero-order chi connectivity index (χ0) is 19.7. The molecule has 4 heterocycles. The topological polar surface area (TPSA) is 66.5 Å². The summed E-state index contributed by atoms with van der Waals surface area (Å²) in [4.78, 5) is 16.2. The molecule has 4 aromatic rings. The SMILES string of the molecule is FC(F)(F)c1ccc(CNc2ncc(Cc3c[nH]c4ncc(Cl)cc34)s2)cn1. The van der Waals surface area contributed by atoms with Gasteiger partial charge in [0.1, 0.15) is 11.3 Å². The van der Waals surface area contributed by atoms with E-state index in [1.807, 2.05) is 12.3 Å². The molecule has 0 fully saturated rings. The Kier molecular flexibility index (Phi) is 4.94. The van der Waals surface area contributed by atoms with Crippen LogP contribution in [0.4, 0.5) is 18.3 Å². The predicted molar refractivity (Wildman–Crippen MR) is 103 cm³/mol. The molecule has 0 spiro atoms. The third kappa shape index (κ3) is 4.10. The van der Waals surface area contributed by atoms with E-state index in [-0.39, 0.29) is 0 Å². The van der Waals surface area contributed by atoms with Crippen LogP contribution in [0.5, 0.6) is 0 Å². The van der Waals surface area contributed by atoms with Crippen molar-refractivity contribution in [3.63, 3.8) is 0 Å². The van der Waals surface area contributed by atoms with Crippen LogP contribution in [0.3, 0.4) is 0 Å². The number of aromatic amines is 1. The molecule has 10 heteroatoms. The predicted octanol–water partition coefficient (Wildman–Crippen LogP) is 5.29.